The van der Waals surface area contributed by atoms with Crippen LogP contribution in [0.1, 0.15) is 45.4 Å². The standard InChI is InChI=1S/C13H20S/c1-11-13-8-4-2-6-12(13,10-14-11)7-3-5-9-13/h2,4,11H,3,5-10H2,1H3/t11-,12+,13-/m0/s1. The van der Waals surface area contributed by atoms with E-state index in [1.807, 2.05) is 0 Å². The van der Waals surface area contributed by atoms with Gasteiger partial charge in [-0.05, 0) is 36.5 Å². The van der Waals surface area contributed by atoms with Gasteiger partial charge in [0.2, 0.25) is 0 Å². The third-order valence-electron chi connectivity index (χ3n) is 5.13. The first-order valence-corrected chi connectivity index (χ1v) is 7.11. The van der Waals surface area contributed by atoms with Crippen LogP contribution in [-0.4, -0.2) is 11.0 Å². The molecule has 1 aliphatic heterocycles. The zero-order valence-corrected chi connectivity index (χ0v) is 9.91. The fraction of sp³-hybridized carbons (Fsp3) is 0.846. The van der Waals surface area contributed by atoms with E-state index in [0.717, 1.165) is 5.25 Å². The zero-order chi connectivity index (χ0) is 9.65. The molecule has 14 heavy (non-hydrogen) atoms. The molecule has 0 aromatic heterocycles. The average molecular weight is 208 g/mol. The number of thioether (sulfide) groups is 1. The van der Waals surface area contributed by atoms with Crippen LogP contribution in [0.25, 0.3) is 0 Å². The number of allylic oxidation sites excluding steroid dienone is 2. The molecule has 78 valence electrons. The molecule has 0 amide bonds. The molecule has 1 saturated heterocycles. The van der Waals surface area contributed by atoms with Crippen LogP contribution in [0.4, 0.5) is 0 Å². The fourth-order valence-corrected chi connectivity index (χ4v) is 6.07. The lowest BCUT2D eigenvalue weighted by Gasteiger charge is -2.52. The molecule has 0 aromatic carbocycles. The van der Waals surface area contributed by atoms with Crippen molar-refractivity contribution in [3.05, 3.63) is 12.2 Å². The van der Waals surface area contributed by atoms with Crippen molar-refractivity contribution in [2.45, 2.75) is 50.7 Å². The second kappa shape index (κ2) is 3.04. The van der Waals surface area contributed by atoms with Gasteiger partial charge >= 0.3 is 0 Å². The zero-order valence-electron chi connectivity index (χ0n) is 9.09. The van der Waals surface area contributed by atoms with Crippen molar-refractivity contribution in [3.63, 3.8) is 0 Å². The molecule has 0 unspecified atom stereocenters. The maximum absolute atomic E-state index is 2.48. The first-order valence-electron chi connectivity index (χ1n) is 6.06. The summed E-state index contributed by atoms with van der Waals surface area (Å²) < 4.78 is 0. The predicted octanol–water partition coefficient (Wildman–Crippen LogP) is 4.02. The molecule has 0 N–H and O–H groups in total. The molecule has 1 saturated carbocycles. The molecule has 2 fully saturated rings. The van der Waals surface area contributed by atoms with Gasteiger partial charge in [0.25, 0.3) is 0 Å². The van der Waals surface area contributed by atoms with Crippen molar-refractivity contribution in [3.8, 4) is 0 Å². The smallest absolute Gasteiger partial charge is 0.00840 e. The minimum absolute atomic E-state index is 0.699. The van der Waals surface area contributed by atoms with E-state index in [1.165, 1.54) is 44.3 Å². The molecule has 1 heterocycles. The van der Waals surface area contributed by atoms with Crippen molar-refractivity contribution in [2.75, 3.05) is 5.75 Å². The van der Waals surface area contributed by atoms with Crippen LogP contribution in [0, 0.1) is 10.8 Å². The van der Waals surface area contributed by atoms with Crippen molar-refractivity contribution in [2.24, 2.45) is 10.8 Å². The van der Waals surface area contributed by atoms with E-state index in [2.05, 4.69) is 30.8 Å². The molecule has 0 nitrogen and oxygen atoms in total. The number of rotatable bonds is 0. The Morgan fingerprint density at radius 3 is 2.79 bits per heavy atom. The van der Waals surface area contributed by atoms with E-state index in [4.69, 9.17) is 0 Å². The minimum atomic E-state index is 0.699. The molecule has 0 radical (unpaired) electrons. The monoisotopic (exact) mass is 208 g/mol. The van der Waals surface area contributed by atoms with Gasteiger partial charge < -0.3 is 0 Å². The van der Waals surface area contributed by atoms with Crippen molar-refractivity contribution in [1.29, 1.82) is 0 Å². The van der Waals surface area contributed by atoms with E-state index in [0.29, 0.717) is 10.8 Å². The van der Waals surface area contributed by atoms with Gasteiger partial charge in [-0.3, -0.25) is 0 Å². The van der Waals surface area contributed by atoms with Gasteiger partial charge in [0, 0.05) is 11.0 Å². The summed E-state index contributed by atoms with van der Waals surface area (Å²) in [4.78, 5) is 0. The fourth-order valence-electron chi connectivity index (χ4n) is 4.16. The second-order valence-corrected chi connectivity index (χ2v) is 6.81. The predicted molar refractivity (Wildman–Crippen MR) is 63.6 cm³/mol. The van der Waals surface area contributed by atoms with Crippen LogP contribution < -0.4 is 0 Å². The Morgan fingerprint density at radius 2 is 1.93 bits per heavy atom. The summed E-state index contributed by atoms with van der Waals surface area (Å²) in [5.41, 5.74) is 1.41. The SMILES string of the molecule is C[C@@H]1SC[C@]23CC=CC[C@]12CCCC3. The summed E-state index contributed by atoms with van der Waals surface area (Å²) in [5.74, 6) is 1.44. The molecule has 1 heteroatoms. The largest absolute Gasteiger partial charge is 0.158 e. The molecule has 2 aliphatic carbocycles. The molecule has 3 rings (SSSR count). The van der Waals surface area contributed by atoms with E-state index < -0.39 is 0 Å². The summed E-state index contributed by atoms with van der Waals surface area (Å²) in [5, 5.41) is 0.910. The maximum Gasteiger partial charge on any atom is 0.00840 e. The Labute approximate surface area is 91.5 Å². The highest BCUT2D eigenvalue weighted by atomic mass is 32.2. The third kappa shape index (κ3) is 0.973. The van der Waals surface area contributed by atoms with Crippen LogP contribution in [0.2, 0.25) is 0 Å². The Bertz CT molecular complexity index is 266. The highest BCUT2D eigenvalue weighted by molar-refractivity contribution is 8.00. The first-order chi connectivity index (χ1) is 6.79. The second-order valence-electron chi connectivity index (χ2n) is 5.48. The molecular formula is C13H20S. The van der Waals surface area contributed by atoms with Crippen LogP contribution in [0.3, 0.4) is 0 Å². The Morgan fingerprint density at radius 1 is 1.14 bits per heavy atom. The molecule has 0 aromatic rings. The molecule has 3 aliphatic rings. The average Bonchev–Trinajstić information content (AvgIpc) is 2.54. The van der Waals surface area contributed by atoms with Gasteiger partial charge in [-0.15, -0.1) is 0 Å². The van der Waals surface area contributed by atoms with Gasteiger partial charge in [-0.1, -0.05) is 31.9 Å². The maximum atomic E-state index is 2.48. The highest BCUT2D eigenvalue weighted by Crippen LogP contribution is 2.67. The lowest BCUT2D eigenvalue weighted by Crippen LogP contribution is -2.47. The number of hydrogen-bond acceptors (Lipinski definition) is 1. The Balaban J connectivity index is 2.05. The normalized spacial score (nSPS) is 51.4. The number of hydrogen-bond donors (Lipinski definition) is 0. The van der Waals surface area contributed by atoms with Gasteiger partial charge in [0.15, 0.2) is 0 Å². The Kier molecular flexibility index (Phi) is 2.02. The lowest BCUT2D eigenvalue weighted by atomic mass is 9.51. The van der Waals surface area contributed by atoms with Gasteiger partial charge in [-0.25, -0.2) is 0 Å². The summed E-state index contributed by atoms with van der Waals surface area (Å²) in [6, 6.07) is 0. The van der Waals surface area contributed by atoms with Gasteiger partial charge in [0.05, 0.1) is 0 Å². The van der Waals surface area contributed by atoms with E-state index >= 15 is 0 Å². The Hall–Kier alpha value is 0.0900. The van der Waals surface area contributed by atoms with Crippen molar-refractivity contribution >= 4 is 11.8 Å². The summed E-state index contributed by atoms with van der Waals surface area (Å²) in [6.45, 7) is 2.48. The van der Waals surface area contributed by atoms with Crippen LogP contribution in [0.15, 0.2) is 12.2 Å². The van der Waals surface area contributed by atoms with E-state index in [1.54, 1.807) is 0 Å². The quantitative estimate of drug-likeness (QED) is 0.542. The first kappa shape index (κ1) is 9.33. The third-order valence-corrected chi connectivity index (χ3v) is 6.80. The molecule has 0 bridgehead atoms. The highest BCUT2D eigenvalue weighted by Gasteiger charge is 2.59. The topological polar surface area (TPSA) is 0 Å². The molecule has 0 spiro atoms. The molecular weight excluding hydrogens is 188 g/mol. The van der Waals surface area contributed by atoms with E-state index in [9.17, 15) is 0 Å². The van der Waals surface area contributed by atoms with Crippen molar-refractivity contribution in [1.82, 2.24) is 0 Å². The van der Waals surface area contributed by atoms with Gasteiger partial charge in [0.1, 0.15) is 0 Å². The minimum Gasteiger partial charge on any atom is -0.158 e. The summed E-state index contributed by atoms with van der Waals surface area (Å²) in [7, 11) is 0. The summed E-state index contributed by atoms with van der Waals surface area (Å²) >= 11 is 2.25. The molecule has 3 atom stereocenters. The van der Waals surface area contributed by atoms with Gasteiger partial charge in [-0.2, -0.15) is 11.8 Å². The van der Waals surface area contributed by atoms with Crippen LogP contribution in [-0.2, 0) is 0 Å². The van der Waals surface area contributed by atoms with E-state index in [-0.39, 0.29) is 0 Å². The van der Waals surface area contributed by atoms with Crippen LogP contribution >= 0.6 is 11.8 Å². The van der Waals surface area contributed by atoms with Crippen LogP contribution in [0.5, 0.6) is 0 Å². The van der Waals surface area contributed by atoms with Crippen molar-refractivity contribution < 1.29 is 0 Å². The lowest BCUT2D eigenvalue weighted by molar-refractivity contribution is 0.0155. The summed E-state index contributed by atoms with van der Waals surface area (Å²) in [6.07, 6.45) is 13.7.